The molecule has 34 heavy (non-hydrogen) atoms. The number of ether oxygens (including phenoxy) is 1. The number of rotatable bonds is 6. The van der Waals surface area contributed by atoms with Crippen LogP contribution >= 0.6 is 0 Å². The maximum absolute atomic E-state index is 13.0. The van der Waals surface area contributed by atoms with Crippen LogP contribution in [0, 0.1) is 11.3 Å². The van der Waals surface area contributed by atoms with Crippen LogP contribution < -0.4 is 4.74 Å². The van der Waals surface area contributed by atoms with Crippen LogP contribution in [-0.4, -0.2) is 48.5 Å². The molecule has 2 saturated heterocycles. The largest absolute Gasteiger partial charge is 0.493 e. The Hall–Kier alpha value is -2.54. The summed E-state index contributed by atoms with van der Waals surface area (Å²) in [5.41, 5.74) is 0.684. The lowest BCUT2D eigenvalue weighted by Gasteiger charge is -2.39. The molecule has 184 valence electrons. The maximum Gasteiger partial charge on any atom is 0.416 e. The summed E-state index contributed by atoms with van der Waals surface area (Å²) in [5, 5.41) is 0. The van der Waals surface area contributed by atoms with Crippen molar-refractivity contribution < 1.29 is 22.7 Å². The quantitative estimate of drug-likeness (QED) is 0.525. The number of para-hydroxylation sites is 1. The zero-order valence-electron chi connectivity index (χ0n) is 19.9. The van der Waals surface area contributed by atoms with Gasteiger partial charge < -0.3 is 9.64 Å². The number of halogens is 3. The molecule has 0 bridgehead atoms. The lowest BCUT2D eigenvalue weighted by Crippen LogP contribution is -2.44. The highest BCUT2D eigenvalue weighted by molar-refractivity contribution is 5.94. The monoisotopic (exact) mass is 474 g/mol. The van der Waals surface area contributed by atoms with E-state index in [4.69, 9.17) is 4.74 Å². The summed E-state index contributed by atoms with van der Waals surface area (Å²) in [6, 6.07) is 12.9. The number of amides is 1. The maximum atomic E-state index is 13.0. The molecule has 0 unspecified atom stereocenters. The predicted octanol–water partition coefficient (Wildman–Crippen LogP) is 5.87. The van der Waals surface area contributed by atoms with E-state index in [1.807, 2.05) is 18.2 Å². The molecule has 0 radical (unpaired) electrons. The topological polar surface area (TPSA) is 32.8 Å². The summed E-state index contributed by atoms with van der Waals surface area (Å²) in [6.07, 6.45) is -1.62. The van der Waals surface area contributed by atoms with Gasteiger partial charge in [0.05, 0.1) is 12.2 Å². The first kappa shape index (κ1) is 24.6. The SMILES string of the molecule is CC(C)COc1ccccc1CN1CCC2(CCN(C(=O)c3cccc(C(F)(F)F)c3)CC2)C1. The van der Waals surface area contributed by atoms with Gasteiger partial charge >= 0.3 is 6.18 Å². The van der Waals surface area contributed by atoms with Gasteiger partial charge in [-0.1, -0.05) is 38.1 Å². The second-order valence-corrected chi connectivity index (χ2v) is 10.1. The molecular weight excluding hydrogens is 441 g/mol. The van der Waals surface area contributed by atoms with Crippen molar-refractivity contribution in [2.45, 2.75) is 45.8 Å². The lowest BCUT2D eigenvalue weighted by atomic mass is 9.77. The minimum Gasteiger partial charge on any atom is -0.493 e. The number of hydrogen-bond acceptors (Lipinski definition) is 3. The summed E-state index contributed by atoms with van der Waals surface area (Å²) >= 11 is 0. The molecule has 2 aliphatic rings. The van der Waals surface area contributed by atoms with E-state index in [-0.39, 0.29) is 16.9 Å². The van der Waals surface area contributed by atoms with Crippen LogP contribution in [0.3, 0.4) is 0 Å². The smallest absolute Gasteiger partial charge is 0.416 e. The number of benzene rings is 2. The van der Waals surface area contributed by atoms with Crippen LogP contribution in [0.25, 0.3) is 0 Å². The number of carbonyl (C=O) groups is 1. The normalized spacial score (nSPS) is 18.6. The number of nitrogens with zero attached hydrogens (tertiary/aromatic N) is 2. The summed E-state index contributed by atoms with van der Waals surface area (Å²) in [6.45, 7) is 8.93. The lowest BCUT2D eigenvalue weighted by molar-refractivity contribution is -0.137. The third-order valence-electron chi connectivity index (χ3n) is 7.00. The molecule has 1 spiro atoms. The van der Waals surface area contributed by atoms with Crippen molar-refractivity contribution in [2.24, 2.45) is 11.3 Å². The Kier molecular flexibility index (Phi) is 7.22. The van der Waals surface area contributed by atoms with Crippen molar-refractivity contribution in [1.82, 2.24) is 9.80 Å². The van der Waals surface area contributed by atoms with E-state index in [2.05, 4.69) is 24.8 Å². The van der Waals surface area contributed by atoms with Gasteiger partial charge in [0.1, 0.15) is 5.75 Å². The first-order valence-corrected chi connectivity index (χ1v) is 12.0. The first-order chi connectivity index (χ1) is 16.2. The number of hydrogen-bond donors (Lipinski definition) is 0. The summed E-state index contributed by atoms with van der Waals surface area (Å²) < 4.78 is 45.1. The van der Waals surface area contributed by atoms with Gasteiger partial charge in [-0.3, -0.25) is 9.69 Å². The number of likely N-dealkylation sites (tertiary alicyclic amines) is 2. The molecule has 0 atom stereocenters. The Labute approximate surface area is 199 Å². The van der Waals surface area contributed by atoms with E-state index in [1.54, 1.807) is 4.90 Å². The molecule has 0 aliphatic carbocycles. The van der Waals surface area contributed by atoms with Gasteiger partial charge in [-0.15, -0.1) is 0 Å². The number of carbonyl (C=O) groups excluding carboxylic acids is 1. The van der Waals surface area contributed by atoms with E-state index in [1.165, 1.54) is 17.7 Å². The van der Waals surface area contributed by atoms with Crippen molar-refractivity contribution in [3.63, 3.8) is 0 Å². The number of piperidine rings is 1. The molecule has 4 rings (SSSR count). The predicted molar refractivity (Wildman–Crippen MR) is 126 cm³/mol. The van der Waals surface area contributed by atoms with Crippen LogP contribution in [-0.2, 0) is 12.7 Å². The van der Waals surface area contributed by atoms with Crippen molar-refractivity contribution in [2.75, 3.05) is 32.8 Å². The summed E-state index contributed by atoms with van der Waals surface area (Å²) in [4.78, 5) is 17.0. The number of alkyl halides is 3. The molecule has 0 N–H and O–H groups in total. The van der Waals surface area contributed by atoms with Gasteiger partial charge in [0, 0.05) is 37.3 Å². The Morgan fingerprint density at radius 2 is 1.74 bits per heavy atom. The second-order valence-electron chi connectivity index (χ2n) is 10.1. The fourth-order valence-corrected chi connectivity index (χ4v) is 5.04. The van der Waals surface area contributed by atoms with E-state index in [0.717, 1.165) is 56.8 Å². The highest BCUT2D eigenvalue weighted by atomic mass is 19.4. The Morgan fingerprint density at radius 3 is 2.44 bits per heavy atom. The summed E-state index contributed by atoms with van der Waals surface area (Å²) in [5.74, 6) is 1.10. The minimum atomic E-state index is -4.45. The van der Waals surface area contributed by atoms with Crippen LogP contribution in [0.15, 0.2) is 48.5 Å². The molecule has 2 aromatic rings. The third-order valence-corrected chi connectivity index (χ3v) is 7.00. The highest BCUT2D eigenvalue weighted by Gasteiger charge is 2.41. The fourth-order valence-electron chi connectivity index (χ4n) is 5.04. The van der Waals surface area contributed by atoms with Gasteiger partial charge in [0.25, 0.3) is 5.91 Å². The molecule has 2 heterocycles. The van der Waals surface area contributed by atoms with Crippen molar-refractivity contribution >= 4 is 5.91 Å². The van der Waals surface area contributed by atoms with E-state index in [9.17, 15) is 18.0 Å². The Morgan fingerprint density at radius 1 is 1.03 bits per heavy atom. The second kappa shape index (κ2) is 9.98. The van der Waals surface area contributed by atoms with Crippen molar-refractivity contribution in [1.29, 1.82) is 0 Å². The van der Waals surface area contributed by atoms with Crippen LogP contribution in [0.2, 0.25) is 0 Å². The standard InChI is InChI=1S/C27H33F3N2O2/c1-20(2)18-34-24-9-4-3-6-22(24)17-31-13-10-26(19-31)11-14-32(15-12-26)25(33)21-7-5-8-23(16-21)27(28,29)30/h3-9,16,20H,10-15,17-19H2,1-2H3. The van der Waals surface area contributed by atoms with Crippen molar-refractivity contribution in [3.8, 4) is 5.75 Å². The molecule has 2 aromatic carbocycles. The molecular formula is C27H33F3N2O2. The summed E-state index contributed by atoms with van der Waals surface area (Å²) in [7, 11) is 0. The first-order valence-electron chi connectivity index (χ1n) is 12.0. The van der Waals surface area contributed by atoms with E-state index >= 15 is 0 Å². The average molecular weight is 475 g/mol. The zero-order chi connectivity index (χ0) is 24.3. The molecule has 0 saturated carbocycles. The molecule has 0 aromatic heterocycles. The Balaban J connectivity index is 1.34. The van der Waals surface area contributed by atoms with Gasteiger partial charge in [-0.2, -0.15) is 13.2 Å². The van der Waals surface area contributed by atoms with Gasteiger partial charge in [-0.25, -0.2) is 0 Å². The van der Waals surface area contributed by atoms with Gasteiger partial charge in [0.2, 0.25) is 0 Å². The van der Waals surface area contributed by atoms with E-state index < -0.39 is 11.7 Å². The molecule has 4 nitrogen and oxygen atoms in total. The minimum absolute atomic E-state index is 0.108. The Bertz CT molecular complexity index is 997. The van der Waals surface area contributed by atoms with E-state index in [0.29, 0.717) is 25.6 Å². The fraction of sp³-hybridized carbons (Fsp3) is 0.519. The van der Waals surface area contributed by atoms with Crippen LogP contribution in [0.5, 0.6) is 5.75 Å². The molecule has 7 heteroatoms. The van der Waals surface area contributed by atoms with Gasteiger partial charge in [-0.05, 0) is 61.4 Å². The third kappa shape index (κ3) is 5.74. The van der Waals surface area contributed by atoms with Crippen molar-refractivity contribution in [3.05, 3.63) is 65.2 Å². The molecule has 1 amide bonds. The highest BCUT2D eigenvalue weighted by Crippen LogP contribution is 2.41. The van der Waals surface area contributed by atoms with Crippen LogP contribution in [0.1, 0.15) is 54.6 Å². The molecule has 2 fully saturated rings. The van der Waals surface area contributed by atoms with Crippen LogP contribution in [0.4, 0.5) is 13.2 Å². The molecule has 2 aliphatic heterocycles. The average Bonchev–Trinajstić information content (AvgIpc) is 3.20. The zero-order valence-corrected chi connectivity index (χ0v) is 19.9. The van der Waals surface area contributed by atoms with Gasteiger partial charge in [0.15, 0.2) is 0 Å².